The molecule has 1 nitrogen and oxygen atoms in total. The number of halogens is 1. The highest BCUT2D eigenvalue weighted by Gasteiger charge is 2.31. The molecule has 1 fully saturated rings. The third-order valence-electron chi connectivity index (χ3n) is 4.47. The molecule has 1 N–H and O–H groups in total. The largest absolute Gasteiger partial charge is 0.313 e. The van der Waals surface area contributed by atoms with Gasteiger partial charge in [-0.15, -0.1) is 0 Å². The first kappa shape index (κ1) is 13.5. The van der Waals surface area contributed by atoms with Gasteiger partial charge >= 0.3 is 0 Å². The third kappa shape index (κ3) is 2.74. The second kappa shape index (κ2) is 6.33. The second-order valence-corrected chi connectivity index (χ2v) is 5.40. The van der Waals surface area contributed by atoms with Crippen LogP contribution in [0.3, 0.4) is 0 Å². The summed E-state index contributed by atoms with van der Waals surface area (Å²) in [5.74, 6) is 1.23. The topological polar surface area (TPSA) is 12.0 Å². The van der Waals surface area contributed by atoms with Crippen molar-refractivity contribution in [2.24, 2.45) is 11.8 Å². The second-order valence-electron chi connectivity index (χ2n) is 5.40. The lowest BCUT2D eigenvalue weighted by Gasteiger charge is -2.37. The fourth-order valence-corrected chi connectivity index (χ4v) is 3.51. The summed E-state index contributed by atoms with van der Waals surface area (Å²) in [7, 11) is 1.96. The Kier molecular flexibility index (Phi) is 4.76. The molecule has 0 radical (unpaired) electrons. The summed E-state index contributed by atoms with van der Waals surface area (Å²) in [5.41, 5.74) is 0.838. The van der Waals surface area contributed by atoms with Gasteiger partial charge in [-0.2, -0.15) is 0 Å². The predicted molar refractivity (Wildman–Crippen MR) is 73.9 cm³/mol. The molecule has 1 saturated carbocycles. The van der Waals surface area contributed by atoms with Crippen molar-refractivity contribution in [1.29, 1.82) is 0 Å². The Morgan fingerprint density at radius 3 is 2.67 bits per heavy atom. The molecule has 1 aromatic rings. The highest BCUT2D eigenvalue weighted by Crippen LogP contribution is 2.40. The molecule has 0 spiro atoms. The molecule has 1 aromatic carbocycles. The SMILES string of the molecule is CCC1CCCCC1C(NC)c1ccccc1F. The van der Waals surface area contributed by atoms with Gasteiger partial charge in [-0.05, 0) is 31.4 Å². The Morgan fingerprint density at radius 2 is 2.00 bits per heavy atom. The summed E-state index contributed by atoms with van der Waals surface area (Å²) in [6, 6.07) is 7.37. The van der Waals surface area contributed by atoms with Crippen molar-refractivity contribution in [2.75, 3.05) is 7.05 Å². The molecule has 1 aliphatic carbocycles. The maximum atomic E-state index is 14.0. The minimum Gasteiger partial charge on any atom is -0.313 e. The van der Waals surface area contributed by atoms with Crippen molar-refractivity contribution < 1.29 is 4.39 Å². The summed E-state index contributed by atoms with van der Waals surface area (Å²) in [4.78, 5) is 0. The van der Waals surface area contributed by atoms with Crippen LogP contribution in [0.2, 0.25) is 0 Å². The van der Waals surface area contributed by atoms with Crippen LogP contribution in [0.1, 0.15) is 50.6 Å². The van der Waals surface area contributed by atoms with Crippen molar-refractivity contribution in [3.63, 3.8) is 0 Å². The molecular weight excluding hydrogens is 225 g/mol. The van der Waals surface area contributed by atoms with Crippen LogP contribution >= 0.6 is 0 Å². The van der Waals surface area contributed by atoms with Gasteiger partial charge in [0.15, 0.2) is 0 Å². The fraction of sp³-hybridized carbons (Fsp3) is 0.625. The Labute approximate surface area is 110 Å². The number of hydrogen-bond donors (Lipinski definition) is 1. The Hall–Kier alpha value is -0.890. The molecule has 0 saturated heterocycles. The zero-order valence-corrected chi connectivity index (χ0v) is 11.5. The lowest BCUT2D eigenvalue weighted by molar-refractivity contribution is 0.178. The van der Waals surface area contributed by atoms with E-state index in [0.717, 1.165) is 11.5 Å². The Bertz CT molecular complexity index is 377. The van der Waals surface area contributed by atoms with Crippen molar-refractivity contribution in [3.05, 3.63) is 35.6 Å². The van der Waals surface area contributed by atoms with Crippen LogP contribution in [0.25, 0.3) is 0 Å². The van der Waals surface area contributed by atoms with Gasteiger partial charge in [0.05, 0.1) is 0 Å². The predicted octanol–water partition coefficient (Wildman–Crippen LogP) is 4.30. The summed E-state index contributed by atoms with van der Waals surface area (Å²) in [6.45, 7) is 2.26. The summed E-state index contributed by atoms with van der Waals surface area (Å²) < 4.78 is 14.0. The monoisotopic (exact) mass is 249 g/mol. The van der Waals surface area contributed by atoms with Gasteiger partial charge in [-0.25, -0.2) is 4.39 Å². The van der Waals surface area contributed by atoms with Gasteiger partial charge in [0.25, 0.3) is 0 Å². The summed E-state index contributed by atoms with van der Waals surface area (Å²) in [5, 5.41) is 3.35. The molecule has 0 aromatic heterocycles. The lowest BCUT2D eigenvalue weighted by atomic mass is 9.72. The van der Waals surface area contributed by atoms with E-state index in [2.05, 4.69) is 12.2 Å². The van der Waals surface area contributed by atoms with Gasteiger partial charge in [-0.1, -0.05) is 50.8 Å². The first-order valence-electron chi connectivity index (χ1n) is 7.19. The quantitative estimate of drug-likeness (QED) is 0.838. The van der Waals surface area contributed by atoms with Crippen LogP contribution < -0.4 is 5.32 Å². The molecule has 3 unspecified atom stereocenters. The Balaban J connectivity index is 2.24. The zero-order valence-electron chi connectivity index (χ0n) is 11.5. The van der Waals surface area contributed by atoms with Crippen LogP contribution in [0, 0.1) is 17.7 Å². The molecule has 0 aliphatic heterocycles. The first-order chi connectivity index (χ1) is 8.77. The number of benzene rings is 1. The van der Waals surface area contributed by atoms with Crippen LogP contribution in [0.5, 0.6) is 0 Å². The van der Waals surface area contributed by atoms with E-state index in [4.69, 9.17) is 0 Å². The molecule has 2 rings (SSSR count). The molecule has 0 amide bonds. The van der Waals surface area contributed by atoms with Gasteiger partial charge < -0.3 is 5.32 Å². The van der Waals surface area contributed by atoms with Gasteiger partial charge in [0.2, 0.25) is 0 Å². The number of hydrogen-bond acceptors (Lipinski definition) is 1. The zero-order chi connectivity index (χ0) is 13.0. The molecule has 18 heavy (non-hydrogen) atoms. The van der Waals surface area contributed by atoms with Gasteiger partial charge in [0, 0.05) is 11.6 Å². The van der Waals surface area contributed by atoms with Crippen LogP contribution in [-0.2, 0) is 0 Å². The van der Waals surface area contributed by atoms with E-state index < -0.39 is 0 Å². The van der Waals surface area contributed by atoms with Crippen LogP contribution in [0.15, 0.2) is 24.3 Å². The van der Waals surface area contributed by atoms with Crippen molar-refractivity contribution in [2.45, 2.75) is 45.1 Å². The normalized spacial score (nSPS) is 25.9. The molecule has 3 atom stereocenters. The molecule has 0 heterocycles. The molecular formula is C16H24FN. The highest BCUT2D eigenvalue weighted by atomic mass is 19.1. The number of nitrogens with one attached hydrogen (secondary N) is 1. The average molecular weight is 249 g/mol. The Morgan fingerprint density at radius 1 is 1.28 bits per heavy atom. The smallest absolute Gasteiger partial charge is 0.127 e. The van der Waals surface area contributed by atoms with Crippen LogP contribution in [-0.4, -0.2) is 7.05 Å². The highest BCUT2D eigenvalue weighted by molar-refractivity contribution is 5.22. The minimum atomic E-state index is -0.0720. The fourth-order valence-electron chi connectivity index (χ4n) is 3.51. The third-order valence-corrected chi connectivity index (χ3v) is 4.47. The van der Waals surface area contributed by atoms with E-state index in [1.807, 2.05) is 19.2 Å². The minimum absolute atomic E-state index is 0.0720. The van der Waals surface area contributed by atoms with Crippen molar-refractivity contribution in [1.82, 2.24) is 5.32 Å². The van der Waals surface area contributed by atoms with Gasteiger partial charge in [-0.3, -0.25) is 0 Å². The average Bonchev–Trinajstić information content (AvgIpc) is 2.42. The van der Waals surface area contributed by atoms with E-state index in [-0.39, 0.29) is 11.9 Å². The summed E-state index contributed by atoms with van der Waals surface area (Å²) >= 11 is 0. The van der Waals surface area contributed by atoms with E-state index in [0.29, 0.717) is 5.92 Å². The van der Waals surface area contributed by atoms with E-state index in [1.165, 1.54) is 32.1 Å². The van der Waals surface area contributed by atoms with E-state index in [9.17, 15) is 4.39 Å². The van der Waals surface area contributed by atoms with E-state index >= 15 is 0 Å². The standard InChI is InChI=1S/C16H24FN/c1-3-12-8-4-5-9-13(12)16(18-2)14-10-6-7-11-15(14)17/h6-7,10-13,16,18H,3-5,8-9H2,1-2H3. The molecule has 100 valence electrons. The van der Waals surface area contributed by atoms with Gasteiger partial charge in [0.1, 0.15) is 5.82 Å². The van der Waals surface area contributed by atoms with Crippen molar-refractivity contribution >= 4 is 0 Å². The summed E-state index contributed by atoms with van der Waals surface area (Å²) in [6.07, 6.45) is 6.35. The van der Waals surface area contributed by atoms with Crippen LogP contribution in [0.4, 0.5) is 4.39 Å². The number of rotatable bonds is 4. The lowest BCUT2D eigenvalue weighted by Crippen LogP contribution is -2.33. The molecule has 0 bridgehead atoms. The molecule has 1 aliphatic rings. The van der Waals surface area contributed by atoms with E-state index in [1.54, 1.807) is 12.1 Å². The first-order valence-corrected chi connectivity index (χ1v) is 7.19. The van der Waals surface area contributed by atoms with Crippen molar-refractivity contribution in [3.8, 4) is 0 Å². The maximum Gasteiger partial charge on any atom is 0.127 e. The maximum absolute atomic E-state index is 14.0. The molecule has 2 heteroatoms.